The van der Waals surface area contributed by atoms with E-state index in [0.717, 1.165) is 48.0 Å². The average molecular weight is 584 g/mol. The number of Topliss-reactive ketones (excluding diaryl/α,β-unsaturated/α-hetero) is 2. The third-order valence-corrected chi connectivity index (χ3v) is 10.0. The molecule has 0 fully saturated rings. The number of rotatable bonds is 2. The lowest BCUT2D eigenvalue weighted by Gasteiger charge is -2.48. The first-order chi connectivity index (χ1) is 20.7. The van der Waals surface area contributed by atoms with E-state index in [1.54, 1.807) is 0 Å². The highest BCUT2D eigenvalue weighted by Crippen LogP contribution is 2.49. The van der Waals surface area contributed by atoms with Crippen LogP contribution < -0.4 is 4.90 Å². The molecule has 0 atom stereocenters. The van der Waals surface area contributed by atoms with Crippen LogP contribution in [0.5, 0.6) is 0 Å². The predicted octanol–water partition coefficient (Wildman–Crippen LogP) is 9.24. The lowest BCUT2D eigenvalue weighted by Crippen LogP contribution is -2.44. The molecule has 3 aromatic carbocycles. The van der Waals surface area contributed by atoms with Gasteiger partial charge in [0.2, 0.25) is 0 Å². The van der Waals surface area contributed by atoms with Gasteiger partial charge in [-0.2, -0.15) is 0 Å². The summed E-state index contributed by atoms with van der Waals surface area (Å²) in [6, 6.07) is 16.2. The predicted molar refractivity (Wildman–Crippen MR) is 179 cm³/mol. The molecule has 0 spiro atoms. The number of carbonyl (C=O) groups is 2. The Morgan fingerprint density at radius 3 is 1.84 bits per heavy atom. The number of ether oxygens (including phenoxy) is 1. The number of ketones is 2. The summed E-state index contributed by atoms with van der Waals surface area (Å²) in [5.74, 6) is 0.898. The van der Waals surface area contributed by atoms with Crippen LogP contribution in [0.25, 0.3) is 16.8 Å². The Bertz CT molecular complexity index is 1810. The van der Waals surface area contributed by atoms with Gasteiger partial charge in [0.25, 0.3) is 0 Å². The van der Waals surface area contributed by atoms with Gasteiger partial charge >= 0.3 is 0 Å². The molecule has 3 aliphatic heterocycles. The number of benzene rings is 3. The maximum Gasteiger partial charge on any atom is 0.198 e. The summed E-state index contributed by atoms with van der Waals surface area (Å²) in [6.07, 6.45) is 10.1. The second-order valence-corrected chi connectivity index (χ2v) is 15.2. The fraction of sp³-hybridized carbons (Fsp3) is 0.350. The zero-order valence-electron chi connectivity index (χ0n) is 26.9. The van der Waals surface area contributed by atoms with Gasteiger partial charge in [-0.1, -0.05) is 78.8 Å². The van der Waals surface area contributed by atoms with E-state index >= 15 is 0 Å². The Kier molecular flexibility index (Phi) is 6.27. The SMILES string of the molecule is CC(C)(C)C1=CC(=C2C(=O)c3cc4ccccc4cc3C2=O)C=C(/C=C/c2cc3c4c(c2)C(C)(C)CCN4CCC3(C)C)O1. The van der Waals surface area contributed by atoms with Gasteiger partial charge in [-0.15, -0.1) is 0 Å². The van der Waals surface area contributed by atoms with Crippen molar-refractivity contribution in [2.75, 3.05) is 18.0 Å². The van der Waals surface area contributed by atoms with Crippen LogP contribution in [0, 0.1) is 5.41 Å². The monoisotopic (exact) mass is 583 g/mol. The Morgan fingerprint density at radius 1 is 0.773 bits per heavy atom. The van der Waals surface area contributed by atoms with Crippen molar-refractivity contribution >= 4 is 34.1 Å². The molecule has 0 N–H and O–H groups in total. The van der Waals surface area contributed by atoms with Crippen LogP contribution in [-0.2, 0) is 15.6 Å². The Hall–Kier alpha value is -4.18. The molecule has 7 rings (SSSR count). The van der Waals surface area contributed by atoms with Gasteiger partial charge < -0.3 is 9.64 Å². The lowest BCUT2D eigenvalue weighted by atomic mass is 9.69. The molecule has 4 heteroatoms. The topological polar surface area (TPSA) is 46.6 Å². The normalized spacial score (nSPS) is 20.5. The number of hydrogen-bond donors (Lipinski definition) is 0. The molecule has 224 valence electrons. The minimum atomic E-state index is -0.321. The zero-order valence-corrected chi connectivity index (χ0v) is 26.9. The van der Waals surface area contributed by atoms with Crippen molar-refractivity contribution in [1.82, 2.24) is 0 Å². The van der Waals surface area contributed by atoms with E-state index in [0.29, 0.717) is 22.5 Å². The smallest absolute Gasteiger partial charge is 0.198 e. The largest absolute Gasteiger partial charge is 0.461 e. The molecular weight excluding hydrogens is 542 g/mol. The van der Waals surface area contributed by atoms with Crippen molar-refractivity contribution in [3.8, 4) is 0 Å². The van der Waals surface area contributed by atoms with Crippen molar-refractivity contribution < 1.29 is 14.3 Å². The lowest BCUT2D eigenvalue weighted by molar-refractivity contribution is 0.0987. The van der Waals surface area contributed by atoms with E-state index in [1.165, 1.54) is 16.8 Å². The van der Waals surface area contributed by atoms with Crippen LogP contribution >= 0.6 is 0 Å². The minimum absolute atomic E-state index is 0.0984. The van der Waals surface area contributed by atoms with Crippen molar-refractivity contribution in [2.45, 2.75) is 72.1 Å². The fourth-order valence-corrected chi connectivity index (χ4v) is 7.11. The molecule has 0 bridgehead atoms. The standard InChI is InChI=1S/C40H41NO3/c1-38(2,3)33-23-27(34-36(42)29-21-25-10-8-9-11-26(25)22-30(29)37(34)43)20-28(44-33)13-12-24-18-31-35-32(19-24)40(6,7)15-17-41(35)16-14-39(31,4)5/h8-13,18-23H,14-17H2,1-7H3/b13-12+. The minimum Gasteiger partial charge on any atom is -0.461 e. The maximum absolute atomic E-state index is 13.8. The first-order valence-electron chi connectivity index (χ1n) is 15.8. The van der Waals surface area contributed by atoms with Crippen LogP contribution in [-0.4, -0.2) is 24.7 Å². The second kappa shape index (κ2) is 9.66. The molecule has 1 aliphatic carbocycles. The Labute approximate surface area is 260 Å². The highest BCUT2D eigenvalue weighted by Gasteiger charge is 2.40. The molecule has 0 saturated carbocycles. The Morgan fingerprint density at radius 2 is 1.32 bits per heavy atom. The van der Waals surface area contributed by atoms with Crippen molar-refractivity contribution in [2.24, 2.45) is 5.41 Å². The molecule has 0 aromatic heterocycles. The summed E-state index contributed by atoms with van der Waals surface area (Å²) < 4.78 is 6.42. The van der Waals surface area contributed by atoms with Gasteiger partial charge in [0, 0.05) is 35.3 Å². The van der Waals surface area contributed by atoms with Gasteiger partial charge in [0.05, 0.1) is 5.57 Å². The van der Waals surface area contributed by atoms with E-state index in [1.807, 2.05) is 54.6 Å². The summed E-state index contributed by atoms with van der Waals surface area (Å²) in [5.41, 5.74) is 7.04. The van der Waals surface area contributed by atoms with Gasteiger partial charge in [-0.05, 0) is 99.2 Å². The first-order valence-corrected chi connectivity index (χ1v) is 15.8. The molecule has 0 amide bonds. The fourth-order valence-electron chi connectivity index (χ4n) is 7.11. The third-order valence-electron chi connectivity index (χ3n) is 10.0. The number of carbonyl (C=O) groups excluding carboxylic acids is 2. The number of nitrogens with zero attached hydrogens (tertiary/aromatic N) is 1. The van der Waals surface area contributed by atoms with Crippen LogP contribution in [0.15, 0.2) is 89.4 Å². The molecular formula is C40H41NO3. The summed E-state index contributed by atoms with van der Waals surface area (Å²) in [4.78, 5) is 30.1. The summed E-state index contributed by atoms with van der Waals surface area (Å²) in [6.45, 7) is 17.9. The molecule has 3 heterocycles. The highest BCUT2D eigenvalue weighted by molar-refractivity contribution is 6.41. The van der Waals surface area contributed by atoms with E-state index in [9.17, 15) is 9.59 Å². The first kappa shape index (κ1) is 28.6. The van der Waals surface area contributed by atoms with E-state index in [2.05, 4.69) is 71.6 Å². The second-order valence-electron chi connectivity index (χ2n) is 15.2. The van der Waals surface area contributed by atoms with Crippen molar-refractivity contribution in [3.05, 3.63) is 117 Å². The number of allylic oxidation sites excluding steroid dienone is 6. The number of hydrogen-bond acceptors (Lipinski definition) is 4. The summed E-state index contributed by atoms with van der Waals surface area (Å²) in [5, 5.41) is 1.91. The quantitative estimate of drug-likeness (QED) is 0.223. The van der Waals surface area contributed by atoms with Crippen LogP contribution in [0.2, 0.25) is 0 Å². The Balaban J connectivity index is 1.32. The molecule has 0 radical (unpaired) electrons. The van der Waals surface area contributed by atoms with Gasteiger partial charge in [-0.3, -0.25) is 9.59 Å². The zero-order chi connectivity index (χ0) is 31.2. The molecule has 44 heavy (non-hydrogen) atoms. The maximum atomic E-state index is 13.8. The van der Waals surface area contributed by atoms with E-state index in [4.69, 9.17) is 4.74 Å². The van der Waals surface area contributed by atoms with Gasteiger partial charge in [-0.25, -0.2) is 0 Å². The van der Waals surface area contributed by atoms with Crippen LogP contribution in [0.1, 0.15) is 98.7 Å². The average Bonchev–Trinajstić information content (AvgIpc) is 3.21. The van der Waals surface area contributed by atoms with Gasteiger partial charge in [0.1, 0.15) is 11.5 Å². The molecule has 3 aromatic rings. The van der Waals surface area contributed by atoms with Crippen molar-refractivity contribution in [1.29, 1.82) is 0 Å². The number of fused-ring (bicyclic) bond motifs is 2. The van der Waals surface area contributed by atoms with Crippen molar-refractivity contribution in [3.63, 3.8) is 0 Å². The number of anilines is 1. The van der Waals surface area contributed by atoms with Gasteiger partial charge in [0.15, 0.2) is 11.6 Å². The molecule has 4 nitrogen and oxygen atoms in total. The van der Waals surface area contributed by atoms with Crippen LogP contribution in [0.4, 0.5) is 5.69 Å². The van der Waals surface area contributed by atoms with E-state index in [-0.39, 0.29) is 33.4 Å². The molecule has 4 aliphatic rings. The molecule has 0 unspecified atom stereocenters. The third kappa shape index (κ3) is 4.58. The molecule has 0 saturated heterocycles. The highest BCUT2D eigenvalue weighted by atomic mass is 16.5. The van der Waals surface area contributed by atoms with Crippen LogP contribution in [0.3, 0.4) is 0 Å². The van der Waals surface area contributed by atoms with E-state index < -0.39 is 0 Å². The summed E-state index contributed by atoms with van der Waals surface area (Å²) in [7, 11) is 0. The summed E-state index contributed by atoms with van der Waals surface area (Å²) >= 11 is 0.